The summed E-state index contributed by atoms with van der Waals surface area (Å²) in [5, 5.41) is 3.30. The second-order valence-corrected chi connectivity index (χ2v) is 8.00. The minimum Gasteiger partial charge on any atom is -0.339 e. The summed E-state index contributed by atoms with van der Waals surface area (Å²) in [6.45, 7) is 5.68. The van der Waals surface area contributed by atoms with Gasteiger partial charge in [-0.15, -0.1) is 11.3 Å². The van der Waals surface area contributed by atoms with Crippen LogP contribution in [-0.2, 0) is 11.3 Å². The molecule has 1 unspecified atom stereocenters. The molecule has 2 fully saturated rings. The predicted molar refractivity (Wildman–Crippen MR) is 84.9 cm³/mol. The zero-order chi connectivity index (χ0) is 13.9. The van der Waals surface area contributed by atoms with E-state index in [9.17, 15) is 4.79 Å². The number of rotatable bonds is 3. The molecule has 0 aliphatic carbocycles. The van der Waals surface area contributed by atoms with Crippen molar-refractivity contribution in [3.63, 3.8) is 0 Å². The van der Waals surface area contributed by atoms with Crippen LogP contribution in [0.1, 0.15) is 17.7 Å². The van der Waals surface area contributed by atoms with Gasteiger partial charge in [0.05, 0.1) is 9.83 Å². The first-order valence-corrected chi connectivity index (χ1v) is 8.82. The highest BCUT2D eigenvalue weighted by atomic mass is 79.9. The number of hydrogen-bond acceptors (Lipinski definition) is 4. The number of halogens is 1. The van der Waals surface area contributed by atoms with Crippen molar-refractivity contribution in [2.24, 2.45) is 0 Å². The minimum atomic E-state index is 0.0785. The number of nitrogens with zero attached hydrogens (tertiary/aromatic N) is 2. The van der Waals surface area contributed by atoms with Gasteiger partial charge in [-0.25, -0.2) is 0 Å². The number of nitrogens with one attached hydrogen (secondary N) is 1. The van der Waals surface area contributed by atoms with Crippen LogP contribution in [0.2, 0.25) is 0 Å². The van der Waals surface area contributed by atoms with Crippen molar-refractivity contribution in [2.45, 2.75) is 25.4 Å². The van der Waals surface area contributed by atoms with Crippen molar-refractivity contribution < 1.29 is 4.79 Å². The molecule has 1 amide bonds. The van der Waals surface area contributed by atoms with Gasteiger partial charge in [0.1, 0.15) is 0 Å². The topological polar surface area (TPSA) is 35.6 Å². The van der Waals surface area contributed by atoms with E-state index in [1.165, 1.54) is 8.66 Å². The van der Waals surface area contributed by atoms with Gasteiger partial charge >= 0.3 is 0 Å². The summed E-state index contributed by atoms with van der Waals surface area (Å²) in [5.41, 5.74) is 0. The van der Waals surface area contributed by atoms with Gasteiger partial charge in [-0.2, -0.15) is 0 Å². The Hall–Kier alpha value is -0.430. The molecule has 3 rings (SSSR count). The van der Waals surface area contributed by atoms with Gasteiger partial charge in [0.2, 0.25) is 5.91 Å². The van der Waals surface area contributed by atoms with Crippen molar-refractivity contribution in [3.8, 4) is 0 Å². The maximum absolute atomic E-state index is 12.3. The molecule has 110 valence electrons. The third-order valence-corrected chi connectivity index (χ3v) is 5.66. The van der Waals surface area contributed by atoms with E-state index in [0.717, 1.165) is 52.1 Å². The summed E-state index contributed by atoms with van der Waals surface area (Å²) in [4.78, 5) is 18.2. The fourth-order valence-corrected chi connectivity index (χ4v) is 4.42. The molecule has 20 heavy (non-hydrogen) atoms. The average Bonchev–Trinajstić information content (AvgIpc) is 3.11. The number of amides is 1. The van der Waals surface area contributed by atoms with E-state index < -0.39 is 0 Å². The molecule has 3 heterocycles. The van der Waals surface area contributed by atoms with E-state index in [1.54, 1.807) is 11.3 Å². The number of hydrogen-bond donors (Lipinski definition) is 1. The fraction of sp³-hybridized carbons (Fsp3) is 0.643. The minimum absolute atomic E-state index is 0.0785. The Balaban J connectivity index is 1.48. The van der Waals surface area contributed by atoms with Crippen LogP contribution in [0, 0.1) is 0 Å². The Morgan fingerprint density at radius 1 is 1.35 bits per heavy atom. The van der Waals surface area contributed by atoms with E-state index in [0.29, 0.717) is 5.91 Å². The zero-order valence-corrected chi connectivity index (χ0v) is 13.9. The van der Waals surface area contributed by atoms with E-state index in [1.807, 2.05) is 4.90 Å². The quantitative estimate of drug-likeness (QED) is 0.897. The number of carbonyl (C=O) groups excluding carboxylic acids is 1. The van der Waals surface area contributed by atoms with Gasteiger partial charge in [0, 0.05) is 37.6 Å². The summed E-state index contributed by atoms with van der Waals surface area (Å²) >= 11 is 5.30. The molecule has 0 bridgehead atoms. The predicted octanol–water partition coefficient (Wildman–Crippen LogP) is 1.91. The molecule has 0 saturated carbocycles. The molecule has 1 aromatic rings. The highest BCUT2D eigenvalue weighted by molar-refractivity contribution is 9.11. The Bertz CT molecular complexity index is 465. The Labute approximate surface area is 132 Å². The van der Waals surface area contributed by atoms with Crippen LogP contribution in [0.15, 0.2) is 15.9 Å². The van der Waals surface area contributed by atoms with Gasteiger partial charge in [0.25, 0.3) is 0 Å². The van der Waals surface area contributed by atoms with Crippen molar-refractivity contribution >= 4 is 33.2 Å². The van der Waals surface area contributed by atoms with E-state index >= 15 is 0 Å². The normalized spacial score (nSPS) is 24.2. The number of carbonyl (C=O) groups is 1. The molecule has 1 N–H and O–H groups in total. The number of piperazine rings is 1. The fourth-order valence-electron chi connectivity index (χ4n) is 2.90. The monoisotopic (exact) mass is 357 g/mol. The van der Waals surface area contributed by atoms with Crippen LogP contribution >= 0.6 is 27.3 Å². The third-order valence-electron chi connectivity index (χ3n) is 4.05. The second-order valence-electron chi connectivity index (χ2n) is 5.46. The Morgan fingerprint density at radius 3 is 2.75 bits per heavy atom. The Morgan fingerprint density at radius 2 is 2.15 bits per heavy atom. The van der Waals surface area contributed by atoms with E-state index in [4.69, 9.17) is 0 Å². The van der Waals surface area contributed by atoms with E-state index in [-0.39, 0.29) is 6.04 Å². The molecular weight excluding hydrogens is 338 g/mol. The van der Waals surface area contributed by atoms with Gasteiger partial charge in [-0.1, -0.05) is 0 Å². The third kappa shape index (κ3) is 3.42. The highest BCUT2D eigenvalue weighted by Crippen LogP contribution is 2.23. The summed E-state index contributed by atoms with van der Waals surface area (Å²) < 4.78 is 1.19. The lowest BCUT2D eigenvalue weighted by atomic mass is 10.2. The van der Waals surface area contributed by atoms with Crippen molar-refractivity contribution in [1.82, 2.24) is 15.1 Å². The lowest BCUT2D eigenvalue weighted by molar-refractivity contribution is -0.134. The maximum atomic E-state index is 12.3. The van der Waals surface area contributed by atoms with Crippen LogP contribution in [0.25, 0.3) is 0 Å². The summed E-state index contributed by atoms with van der Waals surface area (Å²) in [7, 11) is 0. The Kier molecular flexibility index (Phi) is 4.75. The zero-order valence-electron chi connectivity index (χ0n) is 11.5. The molecule has 2 aliphatic heterocycles. The van der Waals surface area contributed by atoms with Crippen LogP contribution in [0.5, 0.6) is 0 Å². The molecule has 1 atom stereocenters. The molecule has 4 nitrogen and oxygen atoms in total. The van der Waals surface area contributed by atoms with Gasteiger partial charge in [0.15, 0.2) is 0 Å². The van der Waals surface area contributed by atoms with Crippen molar-refractivity contribution in [2.75, 3.05) is 32.7 Å². The molecule has 0 spiro atoms. The van der Waals surface area contributed by atoms with Crippen molar-refractivity contribution in [1.29, 1.82) is 0 Å². The lowest BCUT2D eigenvalue weighted by Gasteiger charge is -2.35. The molecule has 0 aromatic carbocycles. The van der Waals surface area contributed by atoms with Gasteiger partial charge in [-0.3, -0.25) is 9.69 Å². The van der Waals surface area contributed by atoms with Crippen LogP contribution in [-0.4, -0.2) is 54.5 Å². The lowest BCUT2D eigenvalue weighted by Crippen LogP contribution is -2.52. The summed E-state index contributed by atoms with van der Waals surface area (Å²) in [6.07, 6.45) is 2.13. The standard InChI is InChI=1S/C14H20BrN3OS/c15-13-4-3-11(20-13)10-17-6-8-18(9-7-17)14(19)12-2-1-5-16-12/h3-4,12,16H,1-2,5-10H2. The molecular formula is C14H20BrN3OS. The van der Waals surface area contributed by atoms with Crippen LogP contribution in [0.4, 0.5) is 0 Å². The summed E-state index contributed by atoms with van der Waals surface area (Å²) in [6, 6.07) is 4.36. The largest absolute Gasteiger partial charge is 0.339 e. The van der Waals surface area contributed by atoms with Crippen LogP contribution in [0.3, 0.4) is 0 Å². The average molecular weight is 358 g/mol. The molecule has 6 heteroatoms. The molecule has 1 aromatic heterocycles. The molecule has 2 saturated heterocycles. The highest BCUT2D eigenvalue weighted by Gasteiger charge is 2.29. The van der Waals surface area contributed by atoms with Crippen molar-refractivity contribution in [3.05, 3.63) is 20.8 Å². The first-order chi connectivity index (χ1) is 9.72. The summed E-state index contributed by atoms with van der Waals surface area (Å²) in [5.74, 6) is 0.306. The SMILES string of the molecule is O=C(C1CCCN1)N1CCN(Cc2ccc(Br)s2)CC1. The second kappa shape index (κ2) is 6.56. The van der Waals surface area contributed by atoms with Crippen LogP contribution < -0.4 is 5.32 Å². The number of thiophene rings is 1. The molecule has 0 radical (unpaired) electrons. The first-order valence-electron chi connectivity index (χ1n) is 7.21. The van der Waals surface area contributed by atoms with Gasteiger partial charge < -0.3 is 10.2 Å². The smallest absolute Gasteiger partial charge is 0.239 e. The van der Waals surface area contributed by atoms with E-state index in [2.05, 4.69) is 38.3 Å². The first kappa shape index (κ1) is 14.5. The van der Waals surface area contributed by atoms with Gasteiger partial charge in [-0.05, 0) is 47.4 Å². The maximum Gasteiger partial charge on any atom is 0.239 e. The molecule has 2 aliphatic rings.